The van der Waals surface area contributed by atoms with Crippen molar-refractivity contribution in [1.82, 2.24) is 4.90 Å². The van der Waals surface area contributed by atoms with Gasteiger partial charge < -0.3 is 19.2 Å². The van der Waals surface area contributed by atoms with Crippen LogP contribution in [0.1, 0.15) is 47.5 Å². The number of likely N-dealkylation sites (tertiary alicyclic amines) is 1. The lowest BCUT2D eigenvalue weighted by molar-refractivity contribution is -0.161. The summed E-state index contributed by atoms with van der Waals surface area (Å²) in [5.74, 6) is 1.09. The summed E-state index contributed by atoms with van der Waals surface area (Å²) in [5, 5.41) is 0. The Hall–Kier alpha value is -1.69. The molecule has 0 aromatic heterocycles. The van der Waals surface area contributed by atoms with Gasteiger partial charge in [0.15, 0.2) is 0 Å². The van der Waals surface area contributed by atoms with Crippen LogP contribution < -0.4 is 0 Å². The summed E-state index contributed by atoms with van der Waals surface area (Å²) in [4.78, 5) is 30.3. The summed E-state index contributed by atoms with van der Waals surface area (Å²) >= 11 is 0. The van der Waals surface area contributed by atoms with Crippen LogP contribution in [-0.2, 0) is 19.1 Å². The highest BCUT2D eigenvalue weighted by atomic mass is 16.6. The number of carbonyl (C=O) groups excluding carboxylic acids is 2. The van der Waals surface area contributed by atoms with Gasteiger partial charge in [-0.2, -0.15) is 0 Å². The molecule has 6 heteroatoms. The molecule has 0 N–H and O–H groups in total. The van der Waals surface area contributed by atoms with Crippen LogP contribution in [0, 0.1) is 17.8 Å². The lowest BCUT2D eigenvalue weighted by Crippen LogP contribution is -2.41. The lowest BCUT2D eigenvalue weighted by atomic mass is 9.89. The molecule has 6 nitrogen and oxygen atoms in total. The second kappa shape index (κ2) is 10.6. The van der Waals surface area contributed by atoms with Gasteiger partial charge in [0.05, 0.1) is 12.5 Å². The van der Waals surface area contributed by atoms with Crippen LogP contribution in [0.4, 0.5) is 0 Å². The van der Waals surface area contributed by atoms with Crippen molar-refractivity contribution < 1.29 is 19.1 Å². The second-order valence-corrected chi connectivity index (χ2v) is 8.50. The molecule has 2 rings (SSSR count). The summed E-state index contributed by atoms with van der Waals surface area (Å²) in [5.41, 5.74) is 0.673. The summed E-state index contributed by atoms with van der Waals surface area (Å²) in [6, 6.07) is 0. The molecule has 0 aromatic rings. The van der Waals surface area contributed by atoms with Crippen molar-refractivity contribution in [2.75, 3.05) is 33.9 Å². The Labute approximate surface area is 164 Å². The molecular formula is C21H36N2O4. The number of aldehydes is 1. The maximum atomic E-state index is 12.2. The second-order valence-electron chi connectivity index (χ2n) is 8.50. The Morgan fingerprint density at radius 1 is 1.26 bits per heavy atom. The van der Waals surface area contributed by atoms with Crippen molar-refractivity contribution >= 4 is 18.1 Å². The van der Waals surface area contributed by atoms with Crippen LogP contribution in [0.2, 0.25) is 0 Å². The van der Waals surface area contributed by atoms with E-state index in [9.17, 15) is 9.59 Å². The molecule has 154 valence electrons. The number of hydrogen-bond donors (Lipinski definition) is 0. The monoisotopic (exact) mass is 380 g/mol. The van der Waals surface area contributed by atoms with Gasteiger partial charge in [-0.3, -0.25) is 9.79 Å². The fraction of sp³-hybridized carbons (Fsp3) is 0.762. The first kappa shape index (κ1) is 23.3. The van der Waals surface area contributed by atoms with Crippen molar-refractivity contribution in [2.45, 2.75) is 53.1 Å². The molecule has 0 bridgehead atoms. The summed E-state index contributed by atoms with van der Waals surface area (Å²) in [6.07, 6.45) is 4.67. The fourth-order valence-electron chi connectivity index (χ4n) is 3.22. The lowest BCUT2D eigenvalue weighted by Gasteiger charge is -2.33. The molecule has 0 saturated carbocycles. The van der Waals surface area contributed by atoms with Crippen LogP contribution in [-0.4, -0.2) is 62.4 Å². The van der Waals surface area contributed by atoms with E-state index < -0.39 is 5.60 Å². The van der Waals surface area contributed by atoms with Crippen LogP contribution in [0.15, 0.2) is 16.6 Å². The van der Waals surface area contributed by atoms with E-state index in [1.54, 1.807) is 14.2 Å². The number of ether oxygens (including phenoxy) is 2. The first-order valence-corrected chi connectivity index (χ1v) is 9.71. The maximum absolute atomic E-state index is 12.2. The predicted octanol–water partition coefficient (Wildman–Crippen LogP) is 3.11. The molecule has 2 aliphatic heterocycles. The number of methoxy groups -OCH3 is 1. The topological polar surface area (TPSA) is 68.2 Å². The summed E-state index contributed by atoms with van der Waals surface area (Å²) in [7, 11) is 3.25. The van der Waals surface area contributed by atoms with Crippen LogP contribution >= 0.6 is 0 Å². The van der Waals surface area contributed by atoms with E-state index in [2.05, 4.69) is 34.6 Å². The highest BCUT2D eigenvalue weighted by Crippen LogP contribution is 2.26. The smallest absolute Gasteiger partial charge is 0.309 e. The van der Waals surface area contributed by atoms with E-state index in [4.69, 9.17) is 4.74 Å². The van der Waals surface area contributed by atoms with Crippen LogP contribution in [0.5, 0.6) is 0 Å². The van der Waals surface area contributed by atoms with Gasteiger partial charge in [-0.15, -0.1) is 0 Å². The van der Waals surface area contributed by atoms with E-state index >= 15 is 0 Å². The van der Waals surface area contributed by atoms with E-state index in [0.717, 1.165) is 43.6 Å². The normalized spacial score (nSPS) is 19.0. The molecule has 1 unspecified atom stereocenters. The van der Waals surface area contributed by atoms with Crippen molar-refractivity contribution in [3.05, 3.63) is 11.6 Å². The molecule has 0 aromatic carbocycles. The molecule has 1 saturated heterocycles. The van der Waals surface area contributed by atoms with Gasteiger partial charge in [-0.25, -0.2) is 0 Å². The van der Waals surface area contributed by atoms with E-state index in [-0.39, 0.29) is 17.8 Å². The molecule has 2 aliphatic rings. The first-order valence-electron chi connectivity index (χ1n) is 9.71. The third kappa shape index (κ3) is 7.45. The van der Waals surface area contributed by atoms with E-state index in [0.29, 0.717) is 12.5 Å². The van der Waals surface area contributed by atoms with Crippen molar-refractivity contribution in [2.24, 2.45) is 22.7 Å². The Morgan fingerprint density at radius 2 is 1.81 bits per heavy atom. The quantitative estimate of drug-likeness (QED) is 0.554. The zero-order chi connectivity index (χ0) is 20.6. The summed E-state index contributed by atoms with van der Waals surface area (Å²) in [6.45, 7) is 12.0. The number of carbonyl (C=O) groups is 2. The maximum Gasteiger partial charge on any atom is 0.309 e. The minimum atomic E-state index is -0.428. The van der Waals surface area contributed by atoms with Crippen molar-refractivity contribution in [1.29, 1.82) is 0 Å². The van der Waals surface area contributed by atoms with Gasteiger partial charge in [-0.05, 0) is 51.2 Å². The van der Waals surface area contributed by atoms with Gasteiger partial charge >= 0.3 is 5.97 Å². The highest BCUT2D eigenvalue weighted by Gasteiger charge is 2.31. The van der Waals surface area contributed by atoms with E-state index in [1.165, 1.54) is 0 Å². The molecule has 0 aliphatic carbocycles. The molecule has 27 heavy (non-hydrogen) atoms. The molecule has 1 atom stereocenters. The zero-order valence-electron chi connectivity index (χ0n) is 17.9. The van der Waals surface area contributed by atoms with Crippen molar-refractivity contribution in [3.63, 3.8) is 0 Å². The SMILES string of the molecule is CC(C)C(C=O)C1=CC(N2CCC(C(=O)OC(C)(C)C)CC2)=NC1.COC. The standard InChI is InChI=1S/C19H30N2O3.C2H6O/c1-13(2)16(12-22)15-10-17(20-11-15)21-8-6-14(7-9-21)18(23)24-19(3,4)5;1-3-2/h10,12-14,16H,6-9,11H2,1-5H3;1-2H3. The number of rotatable bonds is 4. The number of nitrogens with zero attached hydrogens (tertiary/aromatic N) is 2. The largest absolute Gasteiger partial charge is 0.460 e. The average molecular weight is 381 g/mol. The molecule has 2 heterocycles. The van der Waals surface area contributed by atoms with Crippen molar-refractivity contribution in [3.8, 4) is 0 Å². The molecular weight excluding hydrogens is 344 g/mol. The predicted molar refractivity (Wildman–Crippen MR) is 108 cm³/mol. The molecule has 0 spiro atoms. The van der Waals surface area contributed by atoms with Crippen LogP contribution in [0.25, 0.3) is 0 Å². The van der Waals surface area contributed by atoms with E-state index in [1.807, 2.05) is 20.8 Å². The van der Waals surface area contributed by atoms with Gasteiger partial charge in [-0.1, -0.05) is 13.8 Å². The van der Waals surface area contributed by atoms with Gasteiger partial charge in [0.1, 0.15) is 17.7 Å². The Morgan fingerprint density at radius 3 is 2.26 bits per heavy atom. The zero-order valence-corrected chi connectivity index (χ0v) is 17.9. The third-order valence-corrected chi connectivity index (χ3v) is 4.59. The number of piperidine rings is 1. The number of amidine groups is 1. The molecule has 0 amide bonds. The number of hydrogen-bond acceptors (Lipinski definition) is 6. The molecule has 0 radical (unpaired) electrons. The highest BCUT2D eigenvalue weighted by molar-refractivity contribution is 5.96. The average Bonchev–Trinajstić information content (AvgIpc) is 3.04. The minimum Gasteiger partial charge on any atom is -0.460 e. The van der Waals surface area contributed by atoms with Crippen LogP contribution in [0.3, 0.4) is 0 Å². The number of aliphatic imine (C=N–C) groups is 1. The summed E-state index contributed by atoms with van der Waals surface area (Å²) < 4.78 is 9.74. The fourth-order valence-corrected chi connectivity index (χ4v) is 3.22. The van der Waals surface area contributed by atoms with Gasteiger partial charge in [0.2, 0.25) is 0 Å². The third-order valence-electron chi connectivity index (χ3n) is 4.59. The molecule has 1 fully saturated rings. The minimum absolute atomic E-state index is 0.0238. The van der Waals surface area contributed by atoms with Gasteiger partial charge in [0.25, 0.3) is 0 Å². The first-order chi connectivity index (χ1) is 12.6. The van der Waals surface area contributed by atoms with Gasteiger partial charge in [0, 0.05) is 33.2 Å². The Kier molecular flexibility index (Phi) is 9.16. The Balaban J connectivity index is 0.00000114. The Bertz CT molecular complexity index is 553. The number of esters is 1.